The number of carbonyl (C=O) groups is 1. The number of aryl methyl sites for hydroxylation is 1. The second-order valence-corrected chi connectivity index (χ2v) is 11.4. The molecule has 1 saturated heterocycles. The minimum absolute atomic E-state index is 0.0698. The smallest absolute Gasteiger partial charge is 0.407 e. The van der Waals surface area contributed by atoms with Crippen molar-refractivity contribution in [1.29, 1.82) is 0 Å². The number of rotatable bonds is 4. The number of anilines is 3. The molecule has 4 N–H and O–H groups in total. The second kappa shape index (κ2) is 9.11. The molecule has 2 aromatic heterocycles. The molecule has 1 aromatic carbocycles. The third-order valence-electron chi connectivity index (χ3n) is 6.30. The van der Waals surface area contributed by atoms with Gasteiger partial charge in [-0.15, -0.1) is 0 Å². The van der Waals surface area contributed by atoms with Crippen molar-refractivity contribution in [3.05, 3.63) is 41.6 Å². The number of nitrogen functional groups attached to an aromatic ring is 1. The number of nitrogens with one attached hydrogen (secondary N) is 2. The first-order valence-electron chi connectivity index (χ1n) is 12.1. The van der Waals surface area contributed by atoms with Crippen molar-refractivity contribution in [2.24, 2.45) is 0 Å². The van der Waals surface area contributed by atoms with Gasteiger partial charge in [-0.3, -0.25) is 0 Å². The molecule has 2 atom stereocenters. The van der Waals surface area contributed by atoms with Crippen LogP contribution in [0.3, 0.4) is 0 Å². The van der Waals surface area contributed by atoms with Gasteiger partial charge in [0.1, 0.15) is 27.8 Å². The highest BCUT2D eigenvalue weighted by Crippen LogP contribution is 2.39. The van der Waals surface area contributed by atoms with Gasteiger partial charge in [0.2, 0.25) is 0 Å². The van der Waals surface area contributed by atoms with Crippen molar-refractivity contribution in [2.45, 2.75) is 58.2 Å². The molecule has 0 saturated carbocycles. The lowest BCUT2D eigenvalue weighted by atomic mass is 10.0. The number of amides is 1. The molecular weight excluding hydrogens is 462 g/mol. The molecule has 3 aromatic rings. The number of nitrogens with zero attached hydrogens (tertiary/aromatic N) is 2. The van der Waals surface area contributed by atoms with Gasteiger partial charge < -0.3 is 30.7 Å². The number of hydrogen-bond donors (Lipinski definition) is 3. The highest BCUT2D eigenvalue weighted by molar-refractivity contribution is 7.23. The third-order valence-corrected chi connectivity index (χ3v) is 7.35. The Balaban J connectivity index is 1.21. The molecule has 0 aliphatic carbocycles. The molecule has 0 radical (unpaired) electrons. The number of ether oxygens (including phenoxy) is 2. The van der Waals surface area contributed by atoms with E-state index in [1.54, 1.807) is 11.3 Å². The Bertz CT molecular complexity index is 1250. The molecule has 186 valence electrons. The molecule has 1 fully saturated rings. The van der Waals surface area contributed by atoms with Gasteiger partial charge in [-0.05, 0) is 64.3 Å². The summed E-state index contributed by atoms with van der Waals surface area (Å²) in [4.78, 5) is 19.9. The summed E-state index contributed by atoms with van der Waals surface area (Å²) in [7, 11) is 0. The monoisotopic (exact) mass is 495 g/mol. The Hall–Kier alpha value is -3.20. The van der Waals surface area contributed by atoms with Crippen molar-refractivity contribution < 1.29 is 14.3 Å². The molecule has 0 unspecified atom stereocenters. The Kier molecular flexibility index (Phi) is 6.13. The first-order valence-corrected chi connectivity index (χ1v) is 12.9. The van der Waals surface area contributed by atoms with Gasteiger partial charge in [0.15, 0.2) is 0 Å². The number of pyridine rings is 1. The fourth-order valence-electron chi connectivity index (χ4n) is 4.62. The normalized spacial score (nSPS) is 19.8. The van der Waals surface area contributed by atoms with E-state index in [-0.39, 0.29) is 18.2 Å². The van der Waals surface area contributed by atoms with Crippen LogP contribution in [0.15, 0.2) is 30.3 Å². The molecule has 2 aliphatic heterocycles. The molecule has 35 heavy (non-hydrogen) atoms. The molecule has 2 aliphatic rings. The highest BCUT2D eigenvalue weighted by atomic mass is 32.1. The summed E-state index contributed by atoms with van der Waals surface area (Å²) in [6, 6.07) is 10.6. The molecule has 4 heterocycles. The van der Waals surface area contributed by atoms with Crippen LogP contribution in [0.5, 0.6) is 5.75 Å². The molecule has 9 heteroatoms. The van der Waals surface area contributed by atoms with Crippen LogP contribution < -0.4 is 26.0 Å². The summed E-state index contributed by atoms with van der Waals surface area (Å²) >= 11 is 1.59. The van der Waals surface area contributed by atoms with E-state index in [2.05, 4.69) is 38.7 Å². The van der Waals surface area contributed by atoms with Crippen LogP contribution >= 0.6 is 11.3 Å². The van der Waals surface area contributed by atoms with Crippen molar-refractivity contribution in [1.82, 2.24) is 10.3 Å². The van der Waals surface area contributed by atoms with Crippen LogP contribution in [0.1, 0.15) is 38.4 Å². The fraction of sp³-hybridized carbons (Fsp3) is 0.462. The minimum atomic E-state index is -0.496. The van der Waals surface area contributed by atoms with Crippen LogP contribution in [0, 0.1) is 6.92 Å². The molecule has 5 rings (SSSR count). The van der Waals surface area contributed by atoms with Crippen LogP contribution in [0.4, 0.5) is 21.2 Å². The van der Waals surface area contributed by atoms with Crippen LogP contribution in [-0.4, -0.2) is 48.5 Å². The maximum atomic E-state index is 12.1. The van der Waals surface area contributed by atoms with Crippen molar-refractivity contribution in [3.63, 3.8) is 0 Å². The van der Waals surface area contributed by atoms with Crippen LogP contribution in [0.25, 0.3) is 10.2 Å². The maximum Gasteiger partial charge on any atom is 0.407 e. The zero-order valence-electron chi connectivity index (χ0n) is 20.7. The zero-order chi connectivity index (χ0) is 24.7. The van der Waals surface area contributed by atoms with Gasteiger partial charge in [-0.25, -0.2) is 9.78 Å². The summed E-state index contributed by atoms with van der Waals surface area (Å²) in [5.74, 6) is 0.922. The highest BCUT2D eigenvalue weighted by Gasteiger charge is 2.28. The average molecular weight is 496 g/mol. The summed E-state index contributed by atoms with van der Waals surface area (Å²) in [6.45, 7) is 9.80. The van der Waals surface area contributed by atoms with Gasteiger partial charge in [0.25, 0.3) is 0 Å². The summed E-state index contributed by atoms with van der Waals surface area (Å²) < 4.78 is 11.5. The first kappa shape index (κ1) is 23.5. The summed E-state index contributed by atoms with van der Waals surface area (Å²) in [5, 5.41) is 8.51. The first-order chi connectivity index (χ1) is 16.6. The van der Waals surface area contributed by atoms with E-state index >= 15 is 0 Å². The Morgan fingerprint density at radius 3 is 2.89 bits per heavy atom. The fourth-order valence-corrected chi connectivity index (χ4v) is 5.74. The van der Waals surface area contributed by atoms with Gasteiger partial charge in [-0.1, -0.05) is 17.4 Å². The standard InChI is InChI=1S/C26H33N5O3S/c1-15-5-8-20-22(27)24(35-23(20)28-15)29-18-11-16-6-7-19(12-21(16)33-14-18)31-10-9-17(13-31)30-25(32)34-26(2,3)4/h5-8,12,17-18,29H,9-11,13-14,27H2,1-4H3,(H,30,32)/t17-,18-/m1/s1. The Morgan fingerprint density at radius 1 is 1.26 bits per heavy atom. The molecule has 1 amide bonds. The molecule has 8 nitrogen and oxygen atoms in total. The van der Waals surface area contributed by atoms with Crippen molar-refractivity contribution in [3.8, 4) is 5.75 Å². The lowest BCUT2D eigenvalue weighted by Gasteiger charge is -2.28. The number of hydrogen-bond acceptors (Lipinski definition) is 8. The summed E-state index contributed by atoms with van der Waals surface area (Å²) in [5.41, 5.74) is 9.92. The van der Waals surface area contributed by atoms with Gasteiger partial charge >= 0.3 is 6.09 Å². The number of carbonyl (C=O) groups excluding carboxylic acids is 1. The Morgan fingerprint density at radius 2 is 2.09 bits per heavy atom. The minimum Gasteiger partial charge on any atom is -0.491 e. The predicted molar refractivity (Wildman–Crippen MR) is 142 cm³/mol. The third kappa shape index (κ3) is 5.24. The second-order valence-electron chi connectivity index (χ2n) is 10.4. The topological polar surface area (TPSA) is 102 Å². The largest absolute Gasteiger partial charge is 0.491 e. The number of benzene rings is 1. The van der Waals surface area contributed by atoms with Crippen LogP contribution in [0.2, 0.25) is 0 Å². The van der Waals surface area contributed by atoms with E-state index in [0.717, 1.165) is 64.0 Å². The van der Waals surface area contributed by atoms with Crippen LogP contribution in [-0.2, 0) is 11.2 Å². The lowest BCUT2D eigenvalue weighted by molar-refractivity contribution is 0.0509. The molecule has 0 bridgehead atoms. The van der Waals surface area contributed by atoms with Gasteiger partial charge in [0, 0.05) is 35.9 Å². The number of alkyl carbamates (subject to hydrolysis) is 1. The number of fused-ring (bicyclic) bond motifs is 2. The van der Waals surface area contributed by atoms with E-state index in [9.17, 15) is 4.79 Å². The zero-order valence-corrected chi connectivity index (χ0v) is 21.5. The van der Waals surface area contributed by atoms with E-state index in [1.165, 1.54) is 5.56 Å². The molecule has 0 spiro atoms. The Labute approximate surface area is 209 Å². The lowest BCUT2D eigenvalue weighted by Crippen LogP contribution is -2.40. The predicted octanol–water partition coefficient (Wildman–Crippen LogP) is 4.71. The van der Waals surface area contributed by atoms with Crippen molar-refractivity contribution >= 4 is 44.0 Å². The van der Waals surface area contributed by atoms with E-state index in [0.29, 0.717) is 6.61 Å². The quantitative estimate of drug-likeness (QED) is 0.482. The maximum absolute atomic E-state index is 12.1. The number of aromatic nitrogens is 1. The number of thiophene rings is 1. The van der Waals surface area contributed by atoms with E-state index in [4.69, 9.17) is 15.2 Å². The van der Waals surface area contributed by atoms with E-state index in [1.807, 2.05) is 39.8 Å². The molecular formula is C26H33N5O3S. The van der Waals surface area contributed by atoms with Crippen molar-refractivity contribution in [2.75, 3.05) is 35.6 Å². The SMILES string of the molecule is Cc1ccc2c(N)c(N[C@H]3COc4cc(N5CC[C@@H](NC(=O)OC(C)(C)C)C5)ccc4C3)sc2n1. The van der Waals surface area contributed by atoms with Gasteiger partial charge in [0.05, 0.1) is 17.8 Å². The number of nitrogens with two attached hydrogens (primary N) is 1. The summed E-state index contributed by atoms with van der Waals surface area (Å²) in [6.07, 6.45) is 1.38. The van der Waals surface area contributed by atoms with E-state index < -0.39 is 5.60 Å². The average Bonchev–Trinajstić information content (AvgIpc) is 3.36. The van der Waals surface area contributed by atoms with Gasteiger partial charge in [-0.2, -0.15) is 0 Å².